The fraction of sp³-hybridized carbons (Fsp3) is 0.750. The first-order valence-electron chi connectivity index (χ1n) is 22.8. The number of unbranched alkanes of at least 4 members (excludes halogenated alkanes) is 27. The Hall–Kier alpha value is -1.48. The van der Waals surface area contributed by atoms with Crippen LogP contribution in [0.15, 0.2) is 17.5 Å². The van der Waals surface area contributed by atoms with Crippen LogP contribution in [0.2, 0.25) is 0 Å². The third-order valence-electron chi connectivity index (χ3n) is 11.1. The van der Waals surface area contributed by atoms with Crippen molar-refractivity contribution < 1.29 is 0 Å². The average molecular weight is 779 g/mol. The van der Waals surface area contributed by atoms with Crippen molar-refractivity contribution in [1.82, 2.24) is 4.98 Å². The predicted molar refractivity (Wildman–Crippen MR) is 240 cm³/mol. The molecule has 0 aromatic carbocycles. The normalized spacial score (nSPS) is 11.5. The van der Waals surface area contributed by atoms with Gasteiger partial charge in [-0.25, -0.2) is 4.98 Å². The highest BCUT2D eigenvalue weighted by molar-refractivity contribution is 7.26. The Morgan fingerprint density at radius 1 is 0.491 bits per heavy atom. The second-order valence-corrected chi connectivity index (χ2v) is 18.9. The third kappa shape index (κ3) is 19.3. The second kappa shape index (κ2) is 30.7. The zero-order valence-corrected chi connectivity index (χ0v) is 37.1. The summed E-state index contributed by atoms with van der Waals surface area (Å²) in [6.45, 7) is 6.89. The van der Waals surface area contributed by atoms with E-state index >= 15 is 0 Å². The van der Waals surface area contributed by atoms with Gasteiger partial charge in [-0.1, -0.05) is 194 Å². The van der Waals surface area contributed by atoms with Crippen LogP contribution < -0.4 is 0 Å². The standard InChI is InChI=1S/C48H78N2S3/c1-4-7-10-13-16-19-22-25-28-31-34-41-37-38-51-46(41)44-39-42(35-32-29-26-23-20-17-14-11-8-5-2)47(52-44)48-50-43(45(40-49)53-48)36-33-30-27-24-21-18-15-12-9-6-3/h37-39H,4-36H2,1-3H3. The minimum Gasteiger partial charge on any atom is -0.239 e. The van der Waals surface area contributed by atoms with Gasteiger partial charge in [-0.15, -0.1) is 34.0 Å². The van der Waals surface area contributed by atoms with Gasteiger partial charge < -0.3 is 0 Å². The van der Waals surface area contributed by atoms with E-state index in [1.54, 1.807) is 11.3 Å². The van der Waals surface area contributed by atoms with Crippen molar-refractivity contribution in [1.29, 1.82) is 5.26 Å². The van der Waals surface area contributed by atoms with Crippen molar-refractivity contribution in [2.24, 2.45) is 0 Å². The Labute approximate surface area is 340 Å². The Bertz CT molecular complexity index is 1340. The lowest BCUT2D eigenvalue weighted by Crippen LogP contribution is -1.91. The number of nitrogens with zero attached hydrogens (tertiary/aromatic N) is 2. The van der Waals surface area contributed by atoms with E-state index in [1.165, 1.54) is 218 Å². The largest absolute Gasteiger partial charge is 0.239 e. The van der Waals surface area contributed by atoms with Gasteiger partial charge in [-0.05, 0) is 67.2 Å². The maximum atomic E-state index is 10.1. The van der Waals surface area contributed by atoms with Gasteiger partial charge in [0, 0.05) is 9.75 Å². The first-order valence-corrected chi connectivity index (χ1v) is 25.3. The molecule has 0 unspecified atom stereocenters. The van der Waals surface area contributed by atoms with E-state index in [4.69, 9.17) is 4.98 Å². The molecule has 0 atom stereocenters. The highest BCUT2D eigenvalue weighted by Crippen LogP contribution is 2.44. The summed E-state index contributed by atoms with van der Waals surface area (Å²) < 4.78 is 0. The average Bonchev–Trinajstić information content (AvgIpc) is 3.92. The summed E-state index contributed by atoms with van der Waals surface area (Å²) in [4.78, 5) is 10.3. The molecule has 298 valence electrons. The summed E-state index contributed by atoms with van der Waals surface area (Å²) in [6, 6.07) is 7.43. The molecular weight excluding hydrogens is 701 g/mol. The van der Waals surface area contributed by atoms with Gasteiger partial charge in [0.15, 0.2) is 0 Å². The van der Waals surface area contributed by atoms with Gasteiger partial charge in [0.05, 0.1) is 10.6 Å². The minimum atomic E-state index is 0.841. The molecule has 5 heteroatoms. The number of thiazole rings is 1. The molecule has 0 aliphatic rings. The first kappa shape index (κ1) is 45.9. The van der Waals surface area contributed by atoms with Crippen molar-refractivity contribution in [2.45, 2.75) is 233 Å². The fourth-order valence-electron chi connectivity index (χ4n) is 7.75. The van der Waals surface area contributed by atoms with Crippen molar-refractivity contribution in [3.8, 4) is 25.7 Å². The van der Waals surface area contributed by atoms with Gasteiger partial charge in [0.25, 0.3) is 0 Å². The lowest BCUT2D eigenvalue weighted by Gasteiger charge is -2.04. The third-order valence-corrected chi connectivity index (χ3v) is 14.6. The number of hydrogen-bond acceptors (Lipinski definition) is 5. The molecule has 0 aliphatic heterocycles. The number of aryl methyl sites for hydroxylation is 3. The number of aromatic nitrogens is 1. The minimum absolute atomic E-state index is 0.841. The summed E-state index contributed by atoms with van der Waals surface area (Å²) in [5.41, 5.74) is 4.04. The van der Waals surface area contributed by atoms with E-state index in [2.05, 4.69) is 44.4 Å². The van der Waals surface area contributed by atoms with Crippen molar-refractivity contribution in [3.63, 3.8) is 0 Å². The van der Waals surface area contributed by atoms with Gasteiger partial charge in [0.1, 0.15) is 16.0 Å². The molecule has 53 heavy (non-hydrogen) atoms. The van der Waals surface area contributed by atoms with E-state index < -0.39 is 0 Å². The molecule has 3 heterocycles. The molecule has 3 aromatic heterocycles. The van der Waals surface area contributed by atoms with Crippen LogP contribution in [-0.2, 0) is 19.3 Å². The summed E-state index contributed by atoms with van der Waals surface area (Å²) in [6.07, 6.45) is 44.1. The number of thiophene rings is 2. The Kier molecular flexibility index (Phi) is 26.6. The molecule has 0 bridgehead atoms. The van der Waals surface area contributed by atoms with Crippen LogP contribution in [-0.4, -0.2) is 4.98 Å². The molecule has 0 radical (unpaired) electrons. The van der Waals surface area contributed by atoms with Crippen LogP contribution in [0.4, 0.5) is 0 Å². The molecule has 0 saturated carbocycles. The van der Waals surface area contributed by atoms with E-state index in [-0.39, 0.29) is 0 Å². The maximum absolute atomic E-state index is 10.1. The van der Waals surface area contributed by atoms with E-state index in [9.17, 15) is 5.26 Å². The predicted octanol–water partition coefficient (Wildman–Crippen LogP) is 17.9. The Balaban J connectivity index is 1.58. The van der Waals surface area contributed by atoms with Crippen molar-refractivity contribution in [2.75, 3.05) is 0 Å². The molecule has 0 fully saturated rings. The number of nitriles is 1. The zero-order valence-electron chi connectivity index (χ0n) is 34.7. The van der Waals surface area contributed by atoms with Gasteiger partial charge in [-0.3, -0.25) is 0 Å². The topological polar surface area (TPSA) is 36.7 Å². The van der Waals surface area contributed by atoms with Crippen LogP contribution in [0.1, 0.15) is 235 Å². The maximum Gasteiger partial charge on any atom is 0.135 e. The van der Waals surface area contributed by atoms with Gasteiger partial charge >= 0.3 is 0 Å². The molecule has 0 saturated heterocycles. The van der Waals surface area contributed by atoms with Crippen LogP contribution in [0.5, 0.6) is 0 Å². The SMILES string of the molecule is CCCCCCCCCCCCc1ccsc1-c1cc(CCCCCCCCCCCC)c(-c2nc(CCCCCCCCCCCC)c(C#N)s2)s1. The Morgan fingerprint density at radius 3 is 1.36 bits per heavy atom. The number of hydrogen-bond donors (Lipinski definition) is 0. The first-order chi connectivity index (χ1) is 26.2. The van der Waals surface area contributed by atoms with Crippen molar-refractivity contribution in [3.05, 3.63) is 39.2 Å². The van der Waals surface area contributed by atoms with Crippen LogP contribution in [0.3, 0.4) is 0 Å². The van der Waals surface area contributed by atoms with Gasteiger partial charge in [0.2, 0.25) is 0 Å². The molecule has 0 amide bonds. The van der Waals surface area contributed by atoms with Crippen LogP contribution in [0, 0.1) is 11.3 Å². The summed E-state index contributed by atoms with van der Waals surface area (Å²) in [7, 11) is 0. The van der Waals surface area contributed by atoms with Crippen LogP contribution >= 0.6 is 34.0 Å². The lowest BCUT2D eigenvalue weighted by atomic mass is 10.0. The molecule has 0 spiro atoms. The molecular formula is C48H78N2S3. The lowest BCUT2D eigenvalue weighted by molar-refractivity contribution is 0.555. The van der Waals surface area contributed by atoms with Crippen LogP contribution in [0.25, 0.3) is 19.6 Å². The van der Waals surface area contributed by atoms with E-state index in [0.717, 1.165) is 34.8 Å². The fourth-order valence-corrected chi connectivity index (χ4v) is 11.1. The quantitative estimate of drug-likeness (QED) is 0.0558. The molecule has 0 N–H and O–H groups in total. The highest BCUT2D eigenvalue weighted by Gasteiger charge is 2.20. The molecule has 3 aromatic rings. The van der Waals surface area contributed by atoms with Gasteiger partial charge in [-0.2, -0.15) is 5.26 Å². The molecule has 2 nitrogen and oxygen atoms in total. The molecule has 3 rings (SSSR count). The monoisotopic (exact) mass is 779 g/mol. The van der Waals surface area contributed by atoms with Crippen molar-refractivity contribution >= 4 is 34.0 Å². The van der Waals surface area contributed by atoms with E-state index in [0.29, 0.717) is 0 Å². The number of rotatable bonds is 35. The summed E-state index contributed by atoms with van der Waals surface area (Å²) >= 11 is 5.52. The zero-order chi connectivity index (χ0) is 37.6. The smallest absolute Gasteiger partial charge is 0.135 e. The van der Waals surface area contributed by atoms with E-state index in [1.807, 2.05) is 22.7 Å². The summed E-state index contributed by atoms with van der Waals surface area (Å²) in [5.74, 6) is 0. The summed E-state index contributed by atoms with van der Waals surface area (Å²) in [5, 5.41) is 13.5. The molecule has 0 aliphatic carbocycles. The second-order valence-electron chi connectivity index (χ2n) is 15.9. The Morgan fingerprint density at radius 2 is 0.906 bits per heavy atom. The highest BCUT2D eigenvalue weighted by atomic mass is 32.1.